The van der Waals surface area contributed by atoms with E-state index < -0.39 is 0 Å². The summed E-state index contributed by atoms with van der Waals surface area (Å²) in [5.41, 5.74) is 5.89. The standard InChI is InChI=1S/C16H25ClN4O2/c1-16(2,3)21-15(23)20-11-6-7-13(17)12(10-11)14(22)19-9-5-4-8-18/h6-7,10H,4-5,8-9,18H2,1-3H3,(H,19,22)(H2,20,21,23). The van der Waals surface area contributed by atoms with Crippen molar-refractivity contribution in [2.24, 2.45) is 5.73 Å². The van der Waals surface area contributed by atoms with E-state index in [9.17, 15) is 9.59 Å². The van der Waals surface area contributed by atoms with Gasteiger partial charge in [0.2, 0.25) is 0 Å². The van der Waals surface area contributed by atoms with Crippen molar-refractivity contribution in [3.8, 4) is 0 Å². The van der Waals surface area contributed by atoms with E-state index in [-0.39, 0.29) is 17.5 Å². The second-order valence-corrected chi connectivity index (χ2v) is 6.68. The van der Waals surface area contributed by atoms with Gasteiger partial charge in [-0.25, -0.2) is 4.79 Å². The summed E-state index contributed by atoms with van der Waals surface area (Å²) in [6.45, 7) is 6.78. The Hall–Kier alpha value is -1.79. The van der Waals surface area contributed by atoms with Gasteiger partial charge in [-0.2, -0.15) is 0 Å². The molecule has 128 valence electrons. The molecule has 0 radical (unpaired) electrons. The molecule has 5 N–H and O–H groups in total. The summed E-state index contributed by atoms with van der Waals surface area (Å²) >= 11 is 6.07. The van der Waals surface area contributed by atoms with Gasteiger partial charge in [-0.1, -0.05) is 11.6 Å². The molecule has 1 aromatic carbocycles. The lowest BCUT2D eigenvalue weighted by molar-refractivity contribution is 0.0953. The van der Waals surface area contributed by atoms with Gasteiger partial charge in [0.25, 0.3) is 5.91 Å². The molecule has 0 spiro atoms. The van der Waals surface area contributed by atoms with Gasteiger partial charge in [-0.3, -0.25) is 4.79 Å². The molecule has 1 rings (SSSR count). The van der Waals surface area contributed by atoms with E-state index in [1.807, 2.05) is 20.8 Å². The number of carbonyl (C=O) groups excluding carboxylic acids is 2. The number of nitrogens with two attached hydrogens (primary N) is 1. The van der Waals surface area contributed by atoms with E-state index in [2.05, 4.69) is 16.0 Å². The first-order chi connectivity index (χ1) is 10.7. The predicted molar refractivity (Wildman–Crippen MR) is 94.0 cm³/mol. The zero-order chi connectivity index (χ0) is 17.5. The van der Waals surface area contributed by atoms with Crippen LogP contribution in [0.1, 0.15) is 44.0 Å². The minimum absolute atomic E-state index is 0.271. The van der Waals surface area contributed by atoms with Gasteiger partial charge in [0.05, 0.1) is 10.6 Å². The molecule has 1 aromatic rings. The summed E-state index contributed by atoms with van der Waals surface area (Å²) < 4.78 is 0. The fraction of sp³-hybridized carbons (Fsp3) is 0.500. The first-order valence-corrected chi connectivity index (χ1v) is 7.98. The number of hydrogen-bond donors (Lipinski definition) is 4. The van der Waals surface area contributed by atoms with Crippen molar-refractivity contribution < 1.29 is 9.59 Å². The Labute approximate surface area is 142 Å². The molecule has 0 unspecified atom stereocenters. The number of hydrogen-bond acceptors (Lipinski definition) is 3. The van der Waals surface area contributed by atoms with E-state index >= 15 is 0 Å². The van der Waals surface area contributed by atoms with Gasteiger partial charge in [0.15, 0.2) is 0 Å². The van der Waals surface area contributed by atoms with Gasteiger partial charge in [0, 0.05) is 17.8 Å². The van der Waals surface area contributed by atoms with Crippen molar-refractivity contribution >= 4 is 29.2 Å². The smallest absolute Gasteiger partial charge is 0.319 e. The van der Waals surface area contributed by atoms with Crippen molar-refractivity contribution in [3.05, 3.63) is 28.8 Å². The van der Waals surface area contributed by atoms with Crippen LogP contribution in [0.15, 0.2) is 18.2 Å². The average Bonchev–Trinajstić information content (AvgIpc) is 2.43. The molecule has 6 nitrogen and oxygen atoms in total. The third-order valence-corrected chi connectivity index (χ3v) is 3.20. The summed E-state index contributed by atoms with van der Waals surface area (Å²) in [7, 11) is 0. The highest BCUT2D eigenvalue weighted by atomic mass is 35.5. The monoisotopic (exact) mass is 340 g/mol. The number of unbranched alkanes of at least 4 members (excludes halogenated alkanes) is 1. The predicted octanol–water partition coefficient (Wildman–Crippen LogP) is 2.73. The van der Waals surface area contributed by atoms with Gasteiger partial charge in [-0.15, -0.1) is 0 Å². The van der Waals surface area contributed by atoms with Gasteiger partial charge >= 0.3 is 6.03 Å². The molecule has 0 saturated heterocycles. The van der Waals surface area contributed by atoms with Crippen molar-refractivity contribution in [3.63, 3.8) is 0 Å². The first-order valence-electron chi connectivity index (χ1n) is 7.60. The van der Waals surface area contributed by atoms with Crippen LogP contribution in [0, 0.1) is 0 Å². The Balaban J connectivity index is 2.71. The van der Waals surface area contributed by atoms with Crippen molar-refractivity contribution in [1.29, 1.82) is 0 Å². The summed E-state index contributed by atoms with van der Waals surface area (Å²) in [5.74, 6) is -0.271. The molecule has 0 heterocycles. The quantitative estimate of drug-likeness (QED) is 0.599. The largest absolute Gasteiger partial charge is 0.352 e. The maximum absolute atomic E-state index is 12.1. The number of rotatable bonds is 6. The van der Waals surface area contributed by atoms with E-state index in [1.165, 1.54) is 0 Å². The highest BCUT2D eigenvalue weighted by Crippen LogP contribution is 2.20. The van der Waals surface area contributed by atoms with E-state index in [0.717, 1.165) is 12.8 Å². The Bertz CT molecular complexity index is 556. The van der Waals surface area contributed by atoms with E-state index in [4.69, 9.17) is 17.3 Å². The zero-order valence-electron chi connectivity index (χ0n) is 13.8. The maximum atomic E-state index is 12.1. The molecule has 0 aliphatic heterocycles. The Morgan fingerprint density at radius 2 is 1.91 bits per heavy atom. The minimum atomic E-state index is -0.348. The van der Waals surface area contributed by atoms with Crippen molar-refractivity contribution in [1.82, 2.24) is 10.6 Å². The van der Waals surface area contributed by atoms with Crippen LogP contribution in [0.2, 0.25) is 5.02 Å². The van der Waals surface area contributed by atoms with E-state index in [1.54, 1.807) is 18.2 Å². The van der Waals surface area contributed by atoms with Crippen molar-refractivity contribution in [2.45, 2.75) is 39.2 Å². The minimum Gasteiger partial charge on any atom is -0.352 e. The Kier molecular flexibility index (Phi) is 7.32. The Morgan fingerprint density at radius 3 is 2.52 bits per heavy atom. The molecule has 3 amide bonds. The fourth-order valence-corrected chi connectivity index (χ4v) is 2.05. The van der Waals surface area contributed by atoms with Crippen LogP contribution in [0.4, 0.5) is 10.5 Å². The number of carbonyl (C=O) groups is 2. The number of benzene rings is 1. The fourth-order valence-electron chi connectivity index (χ4n) is 1.85. The average molecular weight is 341 g/mol. The SMILES string of the molecule is CC(C)(C)NC(=O)Nc1ccc(Cl)c(C(=O)NCCCCN)c1. The number of anilines is 1. The second-order valence-electron chi connectivity index (χ2n) is 6.28. The summed E-state index contributed by atoms with van der Waals surface area (Å²) in [4.78, 5) is 24.0. The molecule has 0 atom stereocenters. The van der Waals surface area contributed by atoms with Crippen molar-refractivity contribution in [2.75, 3.05) is 18.4 Å². The lowest BCUT2D eigenvalue weighted by atomic mass is 10.1. The Morgan fingerprint density at radius 1 is 1.22 bits per heavy atom. The third-order valence-electron chi connectivity index (χ3n) is 2.87. The van der Waals surface area contributed by atoms with Crippen LogP contribution in [0.25, 0.3) is 0 Å². The molecule has 0 bridgehead atoms. The van der Waals surface area contributed by atoms with Crippen LogP contribution in [-0.2, 0) is 0 Å². The third kappa shape index (κ3) is 7.34. The van der Waals surface area contributed by atoms with Crippen LogP contribution in [-0.4, -0.2) is 30.6 Å². The number of nitrogens with one attached hydrogen (secondary N) is 3. The molecule has 7 heteroatoms. The molecule has 0 aliphatic rings. The van der Waals surface area contributed by atoms with Gasteiger partial charge in [0.1, 0.15) is 0 Å². The normalized spacial score (nSPS) is 11.0. The lowest BCUT2D eigenvalue weighted by Gasteiger charge is -2.21. The molecule has 23 heavy (non-hydrogen) atoms. The highest BCUT2D eigenvalue weighted by Gasteiger charge is 2.15. The number of urea groups is 1. The van der Waals surface area contributed by atoms with Gasteiger partial charge < -0.3 is 21.7 Å². The summed E-state index contributed by atoms with van der Waals surface area (Å²) in [6, 6.07) is 4.45. The molecule has 0 saturated carbocycles. The molecule has 0 fully saturated rings. The van der Waals surface area contributed by atoms with Crippen LogP contribution in [0.3, 0.4) is 0 Å². The van der Waals surface area contributed by atoms with E-state index in [0.29, 0.717) is 29.4 Å². The molecular weight excluding hydrogens is 316 g/mol. The summed E-state index contributed by atoms with van der Waals surface area (Å²) in [6.07, 6.45) is 1.66. The van der Waals surface area contributed by atoms with Crippen LogP contribution in [0.5, 0.6) is 0 Å². The maximum Gasteiger partial charge on any atom is 0.319 e. The molecular formula is C16H25ClN4O2. The molecule has 0 aromatic heterocycles. The lowest BCUT2D eigenvalue weighted by Crippen LogP contribution is -2.43. The van der Waals surface area contributed by atoms with Gasteiger partial charge in [-0.05, 0) is 58.4 Å². The zero-order valence-corrected chi connectivity index (χ0v) is 14.6. The number of halogens is 1. The second kappa shape index (κ2) is 8.74. The molecule has 0 aliphatic carbocycles. The summed E-state index contributed by atoms with van der Waals surface area (Å²) in [5, 5.41) is 8.60. The van der Waals surface area contributed by atoms with Crippen LogP contribution >= 0.6 is 11.6 Å². The highest BCUT2D eigenvalue weighted by molar-refractivity contribution is 6.34. The first kappa shape index (κ1) is 19.3. The van der Waals surface area contributed by atoms with Crippen LogP contribution < -0.4 is 21.7 Å². The topological polar surface area (TPSA) is 96.2 Å². The number of amides is 3.